The minimum absolute atomic E-state index is 0.141. The van der Waals surface area contributed by atoms with Gasteiger partial charge >= 0.3 is 0 Å². The maximum Gasteiger partial charge on any atom is 0.103 e. The van der Waals surface area contributed by atoms with Crippen molar-refractivity contribution in [3.05, 3.63) is 126 Å². The van der Waals surface area contributed by atoms with Gasteiger partial charge in [-0.25, -0.2) is 0 Å². The number of allylic oxidation sites excluding steroid dienone is 4. The molecule has 2 aliphatic rings. The first-order valence-electron chi connectivity index (χ1n) is 20.0. The average molecular weight is 719 g/mol. The summed E-state index contributed by atoms with van der Waals surface area (Å²) in [5, 5.41) is 13.5. The van der Waals surface area contributed by atoms with Gasteiger partial charge in [-0.3, -0.25) is 9.88 Å². The van der Waals surface area contributed by atoms with Crippen LogP contribution < -0.4 is 16.0 Å². The predicted octanol–water partition coefficient (Wildman–Crippen LogP) is 10.9. The van der Waals surface area contributed by atoms with Crippen molar-refractivity contribution >= 4 is 22.2 Å². The molecule has 0 saturated carbocycles. The number of hydrogen-bond acceptors (Lipinski definition) is 6. The number of nitrogens with one attached hydrogen (secondary N) is 3. The highest BCUT2D eigenvalue weighted by Crippen LogP contribution is 2.35. The van der Waals surface area contributed by atoms with E-state index in [1.54, 1.807) is 6.08 Å². The Kier molecular flexibility index (Phi) is 17.6. The molecule has 3 aromatic rings. The Balaban J connectivity index is 0.00000144. The van der Waals surface area contributed by atoms with Crippen LogP contribution in [0.5, 0.6) is 0 Å². The molecular formula is C47H70N6. The van der Waals surface area contributed by atoms with Gasteiger partial charge in [-0.15, -0.1) is 6.58 Å². The van der Waals surface area contributed by atoms with Crippen LogP contribution in [0.3, 0.4) is 0 Å². The van der Waals surface area contributed by atoms with Gasteiger partial charge in [0, 0.05) is 55.2 Å². The smallest absolute Gasteiger partial charge is 0.103 e. The standard InChI is InChI=1S/C42H58N6.C3H6.C2H6/c1-9-14-41(46-40-27-34(42(4,5)6)16-13-15-33(40)28-43-7)45-38-20-19-32(36-17-11-12-18-37(36)38)25-31-21-22-44-39(26-31)30(3)48-24-23-47(8)35(10-2)29-48;1-3-2;1-2/h11-12,14,17-22,26-27,35,43,45-46H,3,9-10,13,15-16,23-25,28-29H2,1-2,4-8H3;3H,1H2,2H3;1-2H3. The molecule has 53 heavy (non-hydrogen) atoms. The molecule has 3 N–H and O–H groups in total. The molecule has 0 radical (unpaired) electrons. The molecule has 2 heterocycles. The summed E-state index contributed by atoms with van der Waals surface area (Å²) in [5.41, 5.74) is 9.95. The van der Waals surface area contributed by atoms with Gasteiger partial charge in [0.2, 0.25) is 0 Å². The van der Waals surface area contributed by atoms with Crippen LogP contribution in [0, 0.1) is 5.41 Å². The van der Waals surface area contributed by atoms with Crippen molar-refractivity contribution in [1.29, 1.82) is 0 Å². The van der Waals surface area contributed by atoms with E-state index in [1.807, 2.05) is 34.0 Å². The van der Waals surface area contributed by atoms with Crippen molar-refractivity contribution in [2.75, 3.05) is 45.6 Å². The van der Waals surface area contributed by atoms with E-state index in [4.69, 9.17) is 4.98 Å². The quantitative estimate of drug-likeness (QED) is 0.162. The van der Waals surface area contributed by atoms with Crippen molar-refractivity contribution in [2.24, 2.45) is 5.41 Å². The Morgan fingerprint density at radius 3 is 2.38 bits per heavy atom. The number of fused-ring (bicyclic) bond motifs is 1. The van der Waals surface area contributed by atoms with Gasteiger partial charge in [0.05, 0.1) is 11.4 Å². The summed E-state index contributed by atoms with van der Waals surface area (Å²) in [4.78, 5) is 9.63. The van der Waals surface area contributed by atoms with E-state index in [-0.39, 0.29) is 5.41 Å². The van der Waals surface area contributed by atoms with Crippen LogP contribution in [0.15, 0.2) is 109 Å². The Morgan fingerprint density at radius 2 is 1.72 bits per heavy atom. The lowest BCUT2D eigenvalue weighted by atomic mass is 9.83. The minimum Gasteiger partial charge on any atom is -0.367 e. The first-order valence-corrected chi connectivity index (χ1v) is 20.0. The summed E-state index contributed by atoms with van der Waals surface area (Å²) in [6.45, 7) is 29.1. The predicted molar refractivity (Wildman–Crippen MR) is 233 cm³/mol. The van der Waals surface area contributed by atoms with Crippen LogP contribution in [0.25, 0.3) is 16.5 Å². The molecule has 1 aliphatic carbocycles. The van der Waals surface area contributed by atoms with Gasteiger partial charge in [-0.1, -0.05) is 97.0 Å². The van der Waals surface area contributed by atoms with Gasteiger partial charge in [-0.2, -0.15) is 0 Å². The molecule has 1 atom stereocenters. The molecule has 288 valence electrons. The third kappa shape index (κ3) is 12.2. The number of aromatic nitrogens is 1. The summed E-state index contributed by atoms with van der Waals surface area (Å²) in [5.74, 6) is 1.02. The average Bonchev–Trinajstić information content (AvgIpc) is 3.36. The van der Waals surface area contributed by atoms with E-state index >= 15 is 0 Å². The molecule has 6 nitrogen and oxygen atoms in total. The number of anilines is 1. The molecule has 6 heteroatoms. The van der Waals surface area contributed by atoms with Crippen molar-refractivity contribution in [3.63, 3.8) is 0 Å². The Labute approximate surface area is 323 Å². The monoisotopic (exact) mass is 719 g/mol. The molecule has 5 rings (SSSR count). The minimum atomic E-state index is 0.141. The number of nitrogens with zero attached hydrogens (tertiary/aromatic N) is 3. The van der Waals surface area contributed by atoms with Crippen LogP contribution in [-0.2, 0) is 6.42 Å². The zero-order valence-electron chi connectivity index (χ0n) is 34.8. The third-order valence-electron chi connectivity index (χ3n) is 10.1. The zero-order chi connectivity index (χ0) is 39.0. The summed E-state index contributed by atoms with van der Waals surface area (Å²) in [6, 6.07) is 18.2. The SMILES string of the molecule is C=C(c1cc(Cc2ccc(NC(=CCC)NC3=C(CNC)CCCC(C(C)(C)C)=C3)c3ccccc23)ccn1)N1CCN(C)C(CC)C1.C=CC.CC. The molecular weight excluding hydrogens is 649 g/mol. The molecule has 1 unspecified atom stereocenters. The maximum atomic E-state index is 4.75. The van der Waals surface area contributed by atoms with E-state index in [9.17, 15) is 0 Å². The normalized spacial score (nSPS) is 16.8. The number of hydrogen-bond donors (Lipinski definition) is 3. The lowest BCUT2D eigenvalue weighted by molar-refractivity contribution is 0.131. The highest BCUT2D eigenvalue weighted by atomic mass is 15.3. The summed E-state index contributed by atoms with van der Waals surface area (Å²) in [6.07, 6.45) is 14.7. The Hall–Kier alpha value is -4.13. The zero-order valence-corrected chi connectivity index (χ0v) is 34.8. The molecule has 0 spiro atoms. The lowest BCUT2D eigenvalue weighted by Crippen LogP contribution is -2.50. The first-order chi connectivity index (χ1) is 25.5. The number of pyridine rings is 1. The van der Waals surface area contributed by atoms with E-state index in [1.165, 1.54) is 45.2 Å². The fourth-order valence-corrected chi connectivity index (χ4v) is 7.10. The van der Waals surface area contributed by atoms with Crippen molar-refractivity contribution in [2.45, 2.75) is 100.0 Å². The van der Waals surface area contributed by atoms with Crippen molar-refractivity contribution in [1.82, 2.24) is 25.4 Å². The lowest BCUT2D eigenvalue weighted by Gasteiger charge is -2.41. The van der Waals surface area contributed by atoms with Crippen LogP contribution >= 0.6 is 0 Å². The van der Waals surface area contributed by atoms with E-state index in [2.05, 4.69) is 141 Å². The second-order valence-electron chi connectivity index (χ2n) is 15.0. The van der Waals surface area contributed by atoms with E-state index in [0.29, 0.717) is 6.04 Å². The van der Waals surface area contributed by atoms with Crippen LogP contribution in [0.4, 0.5) is 5.69 Å². The molecule has 1 fully saturated rings. The number of rotatable bonds is 12. The van der Waals surface area contributed by atoms with Crippen LogP contribution in [0.2, 0.25) is 0 Å². The van der Waals surface area contributed by atoms with Gasteiger partial charge in [-0.05, 0) is 117 Å². The highest BCUT2D eigenvalue weighted by Gasteiger charge is 2.25. The number of benzene rings is 2. The highest BCUT2D eigenvalue weighted by molar-refractivity contribution is 5.96. The fraction of sp³-hybridized carbons (Fsp3) is 0.468. The molecule has 1 aromatic heterocycles. The number of likely N-dealkylation sites (N-methyl/N-ethyl adjacent to an activating group) is 2. The third-order valence-corrected chi connectivity index (χ3v) is 10.1. The maximum absolute atomic E-state index is 4.75. The second kappa shape index (κ2) is 21.5. The van der Waals surface area contributed by atoms with Crippen LogP contribution in [-0.4, -0.2) is 61.1 Å². The van der Waals surface area contributed by atoms with Gasteiger partial charge < -0.3 is 20.9 Å². The summed E-state index contributed by atoms with van der Waals surface area (Å²) in [7, 11) is 4.27. The second-order valence-corrected chi connectivity index (χ2v) is 15.0. The molecule has 1 aliphatic heterocycles. The largest absolute Gasteiger partial charge is 0.367 e. The van der Waals surface area contributed by atoms with Gasteiger partial charge in [0.1, 0.15) is 5.82 Å². The van der Waals surface area contributed by atoms with Crippen molar-refractivity contribution in [3.8, 4) is 0 Å². The topological polar surface area (TPSA) is 55.5 Å². The van der Waals surface area contributed by atoms with Gasteiger partial charge in [0.25, 0.3) is 0 Å². The summed E-state index contributed by atoms with van der Waals surface area (Å²) < 4.78 is 0. The molecule has 0 bridgehead atoms. The molecule has 0 amide bonds. The molecule has 2 aromatic carbocycles. The molecule has 1 saturated heterocycles. The van der Waals surface area contributed by atoms with E-state index < -0.39 is 0 Å². The summed E-state index contributed by atoms with van der Waals surface area (Å²) >= 11 is 0. The Morgan fingerprint density at radius 1 is 1.00 bits per heavy atom. The van der Waals surface area contributed by atoms with Crippen LogP contribution in [0.1, 0.15) is 104 Å². The fourth-order valence-electron chi connectivity index (χ4n) is 7.10. The van der Waals surface area contributed by atoms with Crippen molar-refractivity contribution < 1.29 is 0 Å². The van der Waals surface area contributed by atoms with Gasteiger partial charge in [0.15, 0.2) is 0 Å². The first kappa shape index (κ1) is 43.3. The van der Waals surface area contributed by atoms with E-state index in [0.717, 1.165) is 81.2 Å². The Bertz CT molecular complexity index is 1720. The number of piperazine rings is 1.